The van der Waals surface area contributed by atoms with E-state index < -0.39 is 0 Å². The SMILES string of the molecule is CCC[C@H](/C=C1/C(=O)[C@]2(C)CC[C@@H]1C2(C)C)C(=O)OCC. The molecule has 2 rings (SSSR count). The molecule has 118 valence electrons. The number of carbonyl (C=O) groups excluding carboxylic acids is 2. The molecule has 21 heavy (non-hydrogen) atoms. The lowest BCUT2D eigenvalue weighted by Gasteiger charge is -2.31. The van der Waals surface area contributed by atoms with Crippen LogP contribution in [0.3, 0.4) is 0 Å². The van der Waals surface area contributed by atoms with Crippen LogP contribution < -0.4 is 0 Å². The maximum absolute atomic E-state index is 12.8. The van der Waals surface area contributed by atoms with Crippen molar-refractivity contribution in [3.8, 4) is 0 Å². The van der Waals surface area contributed by atoms with Crippen LogP contribution in [0.4, 0.5) is 0 Å². The van der Waals surface area contributed by atoms with Crippen molar-refractivity contribution in [3.63, 3.8) is 0 Å². The van der Waals surface area contributed by atoms with E-state index in [0.29, 0.717) is 12.5 Å². The van der Waals surface area contributed by atoms with Gasteiger partial charge < -0.3 is 4.74 Å². The van der Waals surface area contributed by atoms with Crippen molar-refractivity contribution in [2.75, 3.05) is 6.61 Å². The highest BCUT2D eigenvalue weighted by atomic mass is 16.5. The van der Waals surface area contributed by atoms with Crippen LogP contribution in [0, 0.1) is 22.7 Å². The molecule has 3 nitrogen and oxygen atoms in total. The number of rotatable bonds is 5. The molecule has 2 aliphatic rings. The lowest BCUT2D eigenvalue weighted by molar-refractivity contribution is -0.146. The van der Waals surface area contributed by atoms with E-state index in [4.69, 9.17) is 4.74 Å². The molecule has 2 aliphatic carbocycles. The van der Waals surface area contributed by atoms with E-state index in [-0.39, 0.29) is 28.5 Å². The smallest absolute Gasteiger partial charge is 0.312 e. The minimum absolute atomic E-state index is 0.00133. The van der Waals surface area contributed by atoms with Crippen molar-refractivity contribution in [1.29, 1.82) is 0 Å². The molecule has 0 spiro atoms. The van der Waals surface area contributed by atoms with Crippen molar-refractivity contribution in [2.45, 2.75) is 60.3 Å². The molecule has 3 atom stereocenters. The zero-order valence-electron chi connectivity index (χ0n) is 14.0. The van der Waals surface area contributed by atoms with Gasteiger partial charge in [-0.25, -0.2) is 0 Å². The Bertz CT molecular complexity index is 475. The highest BCUT2D eigenvalue weighted by Crippen LogP contribution is 2.65. The van der Waals surface area contributed by atoms with Crippen LogP contribution in [-0.2, 0) is 14.3 Å². The van der Waals surface area contributed by atoms with Crippen LogP contribution in [-0.4, -0.2) is 18.4 Å². The van der Waals surface area contributed by atoms with Gasteiger partial charge in [-0.1, -0.05) is 40.2 Å². The highest BCUT2D eigenvalue weighted by molar-refractivity contribution is 6.05. The van der Waals surface area contributed by atoms with E-state index in [2.05, 4.69) is 27.7 Å². The van der Waals surface area contributed by atoms with Gasteiger partial charge in [0.15, 0.2) is 5.78 Å². The first-order chi connectivity index (χ1) is 9.79. The summed E-state index contributed by atoms with van der Waals surface area (Å²) in [5.41, 5.74) is 0.635. The van der Waals surface area contributed by atoms with Gasteiger partial charge in [-0.3, -0.25) is 9.59 Å². The first-order valence-electron chi connectivity index (χ1n) is 8.22. The summed E-state index contributed by atoms with van der Waals surface area (Å²) in [6.07, 6.45) is 5.62. The molecule has 0 heterocycles. The number of ether oxygens (including phenoxy) is 1. The maximum Gasteiger partial charge on any atom is 0.312 e. The monoisotopic (exact) mass is 292 g/mol. The van der Waals surface area contributed by atoms with Gasteiger partial charge in [-0.2, -0.15) is 0 Å². The predicted molar refractivity (Wildman–Crippen MR) is 82.7 cm³/mol. The molecule has 3 heteroatoms. The fourth-order valence-electron chi connectivity index (χ4n) is 4.17. The summed E-state index contributed by atoms with van der Waals surface area (Å²) in [5.74, 6) is 0.0935. The maximum atomic E-state index is 12.8. The van der Waals surface area contributed by atoms with Crippen molar-refractivity contribution < 1.29 is 14.3 Å². The van der Waals surface area contributed by atoms with Gasteiger partial charge in [0.2, 0.25) is 0 Å². The Labute approximate surface area is 128 Å². The van der Waals surface area contributed by atoms with Crippen LogP contribution in [0.25, 0.3) is 0 Å². The lowest BCUT2D eigenvalue weighted by Crippen LogP contribution is -2.32. The molecule has 0 aromatic rings. The van der Waals surface area contributed by atoms with E-state index in [1.807, 2.05) is 13.0 Å². The molecule has 0 unspecified atom stereocenters. The molecule has 2 saturated carbocycles. The second-order valence-corrected chi connectivity index (χ2v) is 7.24. The molecule has 2 fully saturated rings. The van der Waals surface area contributed by atoms with Crippen LogP contribution in [0.1, 0.15) is 60.3 Å². The van der Waals surface area contributed by atoms with Gasteiger partial charge in [-0.15, -0.1) is 0 Å². The Morgan fingerprint density at radius 3 is 2.52 bits per heavy atom. The molecule has 0 radical (unpaired) electrons. The van der Waals surface area contributed by atoms with E-state index in [1.165, 1.54) is 0 Å². The van der Waals surface area contributed by atoms with Crippen molar-refractivity contribution in [3.05, 3.63) is 11.6 Å². The molecule has 0 amide bonds. The molecule has 0 N–H and O–H groups in total. The van der Waals surface area contributed by atoms with Gasteiger partial charge in [0, 0.05) is 5.41 Å². The predicted octanol–water partition coefficient (Wildman–Crippen LogP) is 3.92. The van der Waals surface area contributed by atoms with E-state index in [0.717, 1.165) is 31.3 Å². The second kappa shape index (κ2) is 5.58. The molecular weight excluding hydrogens is 264 g/mol. The standard InChI is InChI=1S/C18H28O3/c1-6-8-12(16(20)21-7-2)11-13-14-9-10-18(5,15(13)19)17(14,3)4/h11-12,14H,6-10H2,1-5H3/b13-11+/t12-,14+,18+/m1/s1. The second-order valence-electron chi connectivity index (χ2n) is 7.24. The Kier molecular flexibility index (Phi) is 4.32. The van der Waals surface area contributed by atoms with Crippen molar-refractivity contribution in [2.24, 2.45) is 22.7 Å². The molecule has 2 bridgehead atoms. The fraction of sp³-hybridized carbons (Fsp3) is 0.778. The number of esters is 1. The molecular formula is C18H28O3. The van der Waals surface area contributed by atoms with Gasteiger partial charge in [0.1, 0.15) is 0 Å². The number of Topliss-reactive ketones (excluding diaryl/α,β-unsaturated/α-hetero) is 1. The summed E-state index contributed by atoms with van der Waals surface area (Å²) in [6.45, 7) is 10.8. The van der Waals surface area contributed by atoms with Gasteiger partial charge >= 0.3 is 5.97 Å². The van der Waals surface area contributed by atoms with E-state index in [1.54, 1.807) is 0 Å². The largest absolute Gasteiger partial charge is 0.466 e. The third kappa shape index (κ3) is 2.35. The summed E-state index contributed by atoms with van der Waals surface area (Å²) in [5, 5.41) is 0. The van der Waals surface area contributed by atoms with Crippen LogP contribution in [0.2, 0.25) is 0 Å². The number of fused-ring (bicyclic) bond motifs is 2. The Hall–Kier alpha value is -1.12. The minimum atomic E-state index is -0.271. The third-order valence-electron chi connectivity index (χ3n) is 5.93. The number of hydrogen-bond donors (Lipinski definition) is 0. The summed E-state index contributed by atoms with van der Waals surface area (Å²) in [6, 6.07) is 0. The molecule has 0 aliphatic heterocycles. The summed E-state index contributed by atoms with van der Waals surface area (Å²) < 4.78 is 5.16. The van der Waals surface area contributed by atoms with Crippen molar-refractivity contribution in [1.82, 2.24) is 0 Å². The van der Waals surface area contributed by atoms with Crippen LogP contribution in [0.15, 0.2) is 11.6 Å². The van der Waals surface area contributed by atoms with Crippen LogP contribution >= 0.6 is 0 Å². The topological polar surface area (TPSA) is 43.4 Å². The van der Waals surface area contributed by atoms with Gasteiger partial charge in [0.05, 0.1) is 12.5 Å². The Morgan fingerprint density at radius 2 is 2.05 bits per heavy atom. The zero-order chi connectivity index (χ0) is 15.8. The molecule has 0 aromatic heterocycles. The average Bonchev–Trinajstić information content (AvgIpc) is 2.72. The molecule has 0 aromatic carbocycles. The summed E-state index contributed by atoms with van der Waals surface area (Å²) in [7, 11) is 0. The lowest BCUT2D eigenvalue weighted by atomic mass is 9.70. The first kappa shape index (κ1) is 16.3. The summed E-state index contributed by atoms with van der Waals surface area (Å²) >= 11 is 0. The molecule has 0 saturated heterocycles. The number of allylic oxidation sites excluding steroid dienone is 1. The van der Waals surface area contributed by atoms with Crippen molar-refractivity contribution >= 4 is 11.8 Å². The number of ketones is 1. The fourth-order valence-corrected chi connectivity index (χ4v) is 4.17. The van der Waals surface area contributed by atoms with E-state index >= 15 is 0 Å². The van der Waals surface area contributed by atoms with Crippen LogP contribution in [0.5, 0.6) is 0 Å². The number of hydrogen-bond acceptors (Lipinski definition) is 3. The van der Waals surface area contributed by atoms with Gasteiger partial charge in [0.25, 0.3) is 0 Å². The van der Waals surface area contributed by atoms with E-state index in [9.17, 15) is 9.59 Å². The zero-order valence-corrected chi connectivity index (χ0v) is 14.0. The first-order valence-corrected chi connectivity index (χ1v) is 8.22. The minimum Gasteiger partial charge on any atom is -0.466 e. The average molecular weight is 292 g/mol. The Balaban J connectivity index is 2.32. The Morgan fingerprint density at radius 1 is 1.38 bits per heavy atom. The normalized spacial score (nSPS) is 33.5. The van der Waals surface area contributed by atoms with Gasteiger partial charge in [-0.05, 0) is 43.1 Å². The third-order valence-corrected chi connectivity index (χ3v) is 5.93. The highest BCUT2D eigenvalue weighted by Gasteiger charge is 2.63. The summed E-state index contributed by atoms with van der Waals surface area (Å²) in [4.78, 5) is 24.9. The number of carbonyl (C=O) groups is 2. The quantitative estimate of drug-likeness (QED) is 0.570.